The highest BCUT2D eigenvalue weighted by atomic mass is 32.2. The molecule has 0 fully saturated rings. The van der Waals surface area contributed by atoms with Gasteiger partial charge < -0.3 is 5.73 Å². The van der Waals surface area contributed by atoms with Crippen LogP contribution in [0.4, 0.5) is 0 Å². The highest BCUT2D eigenvalue weighted by Gasteiger charge is 2.22. The van der Waals surface area contributed by atoms with Gasteiger partial charge in [-0.15, -0.1) is 11.3 Å². The number of thioether (sulfide) groups is 1. The lowest BCUT2D eigenvalue weighted by Gasteiger charge is -2.17. The molecular formula is C19H21N3O2S2. The van der Waals surface area contributed by atoms with E-state index in [1.54, 1.807) is 11.5 Å². The van der Waals surface area contributed by atoms with Gasteiger partial charge in [-0.3, -0.25) is 14.2 Å². The Labute approximate surface area is 160 Å². The Balaban J connectivity index is 2.39. The molecule has 5 nitrogen and oxygen atoms in total. The Morgan fingerprint density at radius 2 is 1.92 bits per heavy atom. The molecule has 26 heavy (non-hydrogen) atoms. The summed E-state index contributed by atoms with van der Waals surface area (Å²) >= 11 is 2.72. The van der Waals surface area contributed by atoms with Crippen molar-refractivity contribution in [3.05, 3.63) is 50.1 Å². The summed E-state index contributed by atoms with van der Waals surface area (Å²) in [6, 6.07) is 5.84. The summed E-state index contributed by atoms with van der Waals surface area (Å²) in [6.07, 6.45) is 0. The fraction of sp³-hybridized carbons (Fsp3) is 0.316. The van der Waals surface area contributed by atoms with E-state index in [0.29, 0.717) is 15.4 Å². The van der Waals surface area contributed by atoms with Gasteiger partial charge in [-0.25, -0.2) is 4.98 Å². The van der Waals surface area contributed by atoms with E-state index in [1.807, 2.05) is 45.9 Å². The predicted octanol–water partition coefficient (Wildman–Crippen LogP) is 3.65. The van der Waals surface area contributed by atoms with Gasteiger partial charge in [0.2, 0.25) is 5.91 Å². The SMILES string of the molecule is Cc1cccc(-n2c(S[C@@H](C)C(N)=O)nc3sc(C)c(C)c3c2=O)c1C. The van der Waals surface area contributed by atoms with Gasteiger partial charge >= 0.3 is 0 Å². The molecule has 2 N–H and O–H groups in total. The Hall–Kier alpha value is -2.12. The quantitative estimate of drug-likeness (QED) is 0.547. The van der Waals surface area contributed by atoms with E-state index >= 15 is 0 Å². The molecule has 1 aromatic carbocycles. The number of nitrogens with zero attached hydrogens (tertiary/aromatic N) is 2. The number of rotatable bonds is 4. The van der Waals surface area contributed by atoms with Gasteiger partial charge in [-0.1, -0.05) is 23.9 Å². The van der Waals surface area contributed by atoms with Crippen molar-refractivity contribution in [1.29, 1.82) is 0 Å². The average Bonchev–Trinajstić information content (AvgIpc) is 2.85. The second kappa shape index (κ2) is 6.89. The number of primary amides is 1. The molecule has 1 atom stereocenters. The molecule has 0 spiro atoms. The van der Waals surface area contributed by atoms with Gasteiger partial charge in [-0.05, 0) is 57.4 Å². The van der Waals surface area contributed by atoms with Crippen molar-refractivity contribution in [3.8, 4) is 5.69 Å². The van der Waals surface area contributed by atoms with Crippen LogP contribution in [0.25, 0.3) is 15.9 Å². The first-order valence-corrected chi connectivity index (χ1v) is 9.97. The molecule has 1 amide bonds. The monoisotopic (exact) mass is 387 g/mol. The van der Waals surface area contributed by atoms with Crippen LogP contribution < -0.4 is 11.3 Å². The Bertz CT molecular complexity index is 1080. The van der Waals surface area contributed by atoms with Crippen LogP contribution in [0, 0.1) is 27.7 Å². The van der Waals surface area contributed by atoms with Gasteiger partial charge in [0, 0.05) is 4.88 Å². The van der Waals surface area contributed by atoms with Crippen molar-refractivity contribution in [1.82, 2.24) is 9.55 Å². The van der Waals surface area contributed by atoms with Crippen LogP contribution in [0.3, 0.4) is 0 Å². The molecule has 0 aliphatic heterocycles. The molecule has 7 heteroatoms. The average molecular weight is 388 g/mol. The summed E-state index contributed by atoms with van der Waals surface area (Å²) in [7, 11) is 0. The van der Waals surface area contributed by atoms with E-state index in [2.05, 4.69) is 0 Å². The summed E-state index contributed by atoms with van der Waals surface area (Å²) < 4.78 is 1.62. The summed E-state index contributed by atoms with van der Waals surface area (Å²) in [5.74, 6) is -0.435. The normalized spacial score (nSPS) is 12.5. The van der Waals surface area contributed by atoms with Crippen molar-refractivity contribution in [2.24, 2.45) is 5.73 Å². The van der Waals surface area contributed by atoms with Crippen LogP contribution in [0.5, 0.6) is 0 Å². The first-order valence-electron chi connectivity index (χ1n) is 8.27. The van der Waals surface area contributed by atoms with Gasteiger partial charge in [0.1, 0.15) is 4.83 Å². The topological polar surface area (TPSA) is 78.0 Å². The summed E-state index contributed by atoms with van der Waals surface area (Å²) in [4.78, 5) is 31.5. The van der Waals surface area contributed by atoms with E-state index in [1.165, 1.54) is 23.1 Å². The number of benzene rings is 1. The number of hydrogen-bond donors (Lipinski definition) is 1. The number of aromatic nitrogens is 2. The molecule has 3 aromatic rings. The minimum Gasteiger partial charge on any atom is -0.369 e. The number of carbonyl (C=O) groups excluding carboxylic acids is 1. The predicted molar refractivity (Wildman–Crippen MR) is 109 cm³/mol. The molecule has 0 unspecified atom stereocenters. The van der Waals surface area contributed by atoms with Crippen LogP contribution in [-0.4, -0.2) is 20.7 Å². The molecule has 0 bridgehead atoms. The largest absolute Gasteiger partial charge is 0.369 e. The third-order valence-corrected chi connectivity index (χ3v) is 6.84. The second-order valence-electron chi connectivity index (χ2n) is 6.38. The van der Waals surface area contributed by atoms with Crippen molar-refractivity contribution in [3.63, 3.8) is 0 Å². The fourth-order valence-electron chi connectivity index (χ4n) is 2.76. The number of hydrogen-bond acceptors (Lipinski definition) is 5. The minimum absolute atomic E-state index is 0.107. The maximum absolute atomic E-state index is 13.4. The number of fused-ring (bicyclic) bond motifs is 1. The summed E-state index contributed by atoms with van der Waals surface area (Å²) in [5, 5.41) is 0.645. The molecule has 2 heterocycles. The van der Waals surface area contributed by atoms with Crippen molar-refractivity contribution >= 4 is 39.2 Å². The Morgan fingerprint density at radius 3 is 2.58 bits per heavy atom. The lowest BCUT2D eigenvalue weighted by atomic mass is 10.1. The van der Waals surface area contributed by atoms with Crippen molar-refractivity contribution in [2.45, 2.75) is 45.0 Å². The highest BCUT2D eigenvalue weighted by molar-refractivity contribution is 8.00. The molecule has 0 aliphatic rings. The molecule has 136 valence electrons. The van der Waals surface area contributed by atoms with Gasteiger partial charge in [-0.2, -0.15) is 0 Å². The second-order valence-corrected chi connectivity index (χ2v) is 8.89. The number of thiophene rings is 1. The maximum Gasteiger partial charge on any atom is 0.267 e. The first kappa shape index (κ1) is 18.7. The molecule has 0 saturated heterocycles. The molecule has 0 radical (unpaired) electrons. The van der Waals surface area contributed by atoms with E-state index in [9.17, 15) is 9.59 Å². The van der Waals surface area contributed by atoms with Gasteiger partial charge in [0.05, 0.1) is 16.3 Å². The standard InChI is InChI=1S/C19H21N3O2S2/c1-9-7-6-8-14(10(9)2)22-18(24)15-11(3)12(4)25-17(15)21-19(22)26-13(5)16(20)23/h6-8,13H,1-5H3,(H2,20,23)/t13-/m0/s1. The smallest absolute Gasteiger partial charge is 0.267 e. The molecule has 0 saturated carbocycles. The third kappa shape index (κ3) is 3.05. The van der Waals surface area contributed by atoms with Gasteiger partial charge in [0.15, 0.2) is 5.16 Å². The maximum atomic E-state index is 13.4. The summed E-state index contributed by atoms with van der Waals surface area (Å²) in [5.41, 5.74) is 9.17. The molecule has 0 aliphatic carbocycles. The van der Waals surface area contributed by atoms with E-state index in [4.69, 9.17) is 10.7 Å². The Kier molecular flexibility index (Phi) is 4.94. The van der Waals surface area contributed by atoms with E-state index in [-0.39, 0.29) is 5.56 Å². The number of aryl methyl sites for hydroxylation is 3. The molecular weight excluding hydrogens is 366 g/mol. The molecule has 3 rings (SSSR count). The lowest BCUT2D eigenvalue weighted by Crippen LogP contribution is -2.26. The number of nitrogens with two attached hydrogens (primary N) is 1. The zero-order valence-corrected chi connectivity index (χ0v) is 17.0. The molecule has 2 aromatic heterocycles. The summed E-state index contributed by atoms with van der Waals surface area (Å²) in [6.45, 7) is 9.65. The van der Waals surface area contributed by atoms with E-state index < -0.39 is 11.2 Å². The fourth-order valence-corrected chi connectivity index (χ4v) is 4.70. The highest BCUT2D eigenvalue weighted by Crippen LogP contribution is 2.31. The van der Waals surface area contributed by atoms with E-state index in [0.717, 1.165) is 27.3 Å². The number of carbonyl (C=O) groups is 1. The van der Waals surface area contributed by atoms with Crippen LogP contribution in [0.15, 0.2) is 28.2 Å². The van der Waals surface area contributed by atoms with Crippen LogP contribution >= 0.6 is 23.1 Å². The van der Waals surface area contributed by atoms with Crippen molar-refractivity contribution < 1.29 is 4.79 Å². The first-order chi connectivity index (χ1) is 12.2. The van der Waals surface area contributed by atoms with Crippen LogP contribution in [-0.2, 0) is 4.79 Å². The van der Waals surface area contributed by atoms with Crippen LogP contribution in [0.2, 0.25) is 0 Å². The van der Waals surface area contributed by atoms with Crippen molar-refractivity contribution in [2.75, 3.05) is 0 Å². The zero-order chi connectivity index (χ0) is 19.2. The Morgan fingerprint density at radius 1 is 1.23 bits per heavy atom. The third-order valence-electron chi connectivity index (χ3n) is 4.67. The van der Waals surface area contributed by atoms with Crippen LogP contribution in [0.1, 0.15) is 28.5 Å². The zero-order valence-electron chi connectivity index (χ0n) is 15.4. The van der Waals surface area contributed by atoms with Gasteiger partial charge in [0.25, 0.3) is 5.56 Å². The lowest BCUT2D eigenvalue weighted by molar-refractivity contribution is -0.117. The number of amides is 1. The minimum atomic E-state index is -0.488.